The summed E-state index contributed by atoms with van der Waals surface area (Å²) < 4.78 is 0. The average Bonchev–Trinajstić information content (AvgIpc) is 2.44. The van der Waals surface area contributed by atoms with Gasteiger partial charge in [-0.2, -0.15) is 0 Å². The van der Waals surface area contributed by atoms with Gasteiger partial charge in [-0.3, -0.25) is 0 Å². The number of hydrogen-bond acceptors (Lipinski definition) is 5. The second kappa shape index (κ2) is 6.37. The first-order valence-corrected chi connectivity index (χ1v) is 6.12. The number of aromatic nitrogens is 2. The molecule has 1 aromatic heterocycles. The van der Waals surface area contributed by atoms with Crippen LogP contribution in [0.1, 0.15) is 0 Å². The lowest BCUT2D eigenvalue weighted by Gasteiger charge is -2.08. The Morgan fingerprint density at radius 2 is 1.90 bits per heavy atom. The first-order chi connectivity index (χ1) is 9.65. The maximum atomic E-state index is 10.5. The quantitative estimate of drug-likeness (QED) is 0.600. The van der Waals surface area contributed by atoms with E-state index >= 15 is 0 Å². The summed E-state index contributed by atoms with van der Waals surface area (Å²) >= 11 is 0. The Morgan fingerprint density at radius 3 is 2.60 bits per heavy atom. The number of benzene rings is 1. The highest BCUT2D eigenvalue weighted by Gasteiger charge is 2.04. The van der Waals surface area contributed by atoms with Gasteiger partial charge in [-0.15, -0.1) is 0 Å². The van der Waals surface area contributed by atoms with Crippen LogP contribution in [0.25, 0.3) is 11.4 Å². The van der Waals surface area contributed by atoms with E-state index in [-0.39, 0.29) is 0 Å². The molecule has 0 saturated carbocycles. The Hall–Kier alpha value is -2.83. The topological polar surface area (TPSA) is 119 Å². The molecular weight excluding hydrogens is 256 g/mol. The number of nitrogens with zero attached hydrogens (tertiary/aromatic N) is 2. The van der Waals surface area contributed by atoms with Gasteiger partial charge >= 0.3 is 6.03 Å². The summed E-state index contributed by atoms with van der Waals surface area (Å²) in [6.45, 7) is 0.896. The van der Waals surface area contributed by atoms with Crippen LogP contribution < -0.4 is 22.1 Å². The molecule has 0 spiro atoms. The lowest BCUT2D eigenvalue weighted by atomic mass is 10.2. The second-order valence-corrected chi connectivity index (χ2v) is 4.09. The molecule has 2 aromatic rings. The fraction of sp³-hybridized carbons (Fsp3) is 0.154. The molecule has 0 aliphatic heterocycles. The zero-order valence-electron chi connectivity index (χ0n) is 10.8. The number of nitrogens with two attached hydrogens (primary N) is 2. The molecule has 0 saturated heterocycles. The van der Waals surface area contributed by atoms with Crippen molar-refractivity contribution in [3.05, 3.63) is 36.4 Å². The van der Waals surface area contributed by atoms with Crippen molar-refractivity contribution in [3.63, 3.8) is 0 Å². The van der Waals surface area contributed by atoms with Crippen molar-refractivity contribution in [1.82, 2.24) is 15.3 Å². The van der Waals surface area contributed by atoms with Crippen LogP contribution in [0, 0.1) is 0 Å². The summed E-state index contributed by atoms with van der Waals surface area (Å²) in [5.41, 5.74) is 11.6. The van der Waals surface area contributed by atoms with E-state index in [1.165, 1.54) is 0 Å². The molecule has 0 bridgehead atoms. The van der Waals surface area contributed by atoms with Gasteiger partial charge in [0.25, 0.3) is 0 Å². The lowest BCUT2D eigenvalue weighted by Crippen LogP contribution is -2.33. The summed E-state index contributed by atoms with van der Waals surface area (Å²) in [7, 11) is 0. The number of primary amides is 1. The number of nitrogen functional groups attached to an aromatic ring is 1. The zero-order valence-corrected chi connectivity index (χ0v) is 10.8. The van der Waals surface area contributed by atoms with Gasteiger partial charge in [0, 0.05) is 24.7 Å². The van der Waals surface area contributed by atoms with Crippen LogP contribution in [0.2, 0.25) is 0 Å². The average molecular weight is 272 g/mol. The van der Waals surface area contributed by atoms with Crippen molar-refractivity contribution >= 4 is 17.7 Å². The Morgan fingerprint density at radius 1 is 1.15 bits per heavy atom. The third kappa shape index (κ3) is 3.84. The molecule has 2 rings (SSSR count). The van der Waals surface area contributed by atoms with E-state index in [1.54, 1.807) is 6.07 Å². The Labute approximate surface area is 116 Å². The Kier molecular flexibility index (Phi) is 4.33. The number of carbonyl (C=O) groups excluding carboxylic acids is 1. The van der Waals surface area contributed by atoms with Gasteiger partial charge in [-0.25, -0.2) is 14.8 Å². The van der Waals surface area contributed by atoms with Gasteiger partial charge in [0.2, 0.25) is 0 Å². The Bertz CT molecular complexity index is 587. The van der Waals surface area contributed by atoms with E-state index in [1.807, 2.05) is 30.3 Å². The summed E-state index contributed by atoms with van der Waals surface area (Å²) in [5, 5.41) is 5.53. The minimum absolute atomic E-state index is 0.379. The van der Waals surface area contributed by atoms with Crippen molar-refractivity contribution in [1.29, 1.82) is 0 Å². The molecule has 0 aliphatic carbocycles. The highest BCUT2D eigenvalue weighted by Crippen LogP contribution is 2.18. The van der Waals surface area contributed by atoms with Gasteiger partial charge in [-0.05, 0) is 0 Å². The van der Waals surface area contributed by atoms with E-state index in [9.17, 15) is 4.79 Å². The molecule has 6 N–H and O–H groups in total. The van der Waals surface area contributed by atoms with Crippen molar-refractivity contribution in [2.45, 2.75) is 0 Å². The fourth-order valence-electron chi connectivity index (χ4n) is 1.65. The van der Waals surface area contributed by atoms with E-state index in [0.29, 0.717) is 30.5 Å². The molecule has 0 fully saturated rings. The van der Waals surface area contributed by atoms with E-state index in [0.717, 1.165) is 5.56 Å². The maximum absolute atomic E-state index is 10.5. The van der Waals surface area contributed by atoms with Crippen molar-refractivity contribution in [2.75, 3.05) is 24.1 Å². The normalized spacial score (nSPS) is 10.0. The minimum atomic E-state index is -0.557. The van der Waals surface area contributed by atoms with Crippen LogP contribution in [0.4, 0.5) is 16.4 Å². The molecule has 7 nitrogen and oxygen atoms in total. The number of amides is 2. The highest BCUT2D eigenvalue weighted by atomic mass is 16.2. The molecule has 104 valence electrons. The number of hydrogen-bond donors (Lipinski definition) is 4. The van der Waals surface area contributed by atoms with Crippen LogP contribution in [0.3, 0.4) is 0 Å². The van der Waals surface area contributed by atoms with E-state index in [4.69, 9.17) is 11.5 Å². The molecular formula is C13H16N6O. The van der Waals surface area contributed by atoms with Gasteiger partial charge in [0.05, 0.1) is 0 Å². The third-order valence-electron chi connectivity index (χ3n) is 2.51. The number of anilines is 2. The van der Waals surface area contributed by atoms with Crippen LogP contribution in [0.5, 0.6) is 0 Å². The summed E-state index contributed by atoms with van der Waals surface area (Å²) in [6.07, 6.45) is 0. The standard InChI is InChI=1S/C13H16N6O/c14-10-8-11(16-6-7-17-13(15)20)19-12(18-10)9-4-2-1-3-5-9/h1-5,8H,6-7H2,(H3,15,17,20)(H3,14,16,18,19). The van der Waals surface area contributed by atoms with Crippen LogP contribution in [-0.4, -0.2) is 29.1 Å². The molecule has 0 unspecified atom stereocenters. The fourth-order valence-corrected chi connectivity index (χ4v) is 1.65. The summed E-state index contributed by atoms with van der Waals surface area (Å²) in [4.78, 5) is 19.1. The molecule has 7 heteroatoms. The molecule has 0 radical (unpaired) electrons. The van der Waals surface area contributed by atoms with Gasteiger partial charge in [0.1, 0.15) is 11.6 Å². The molecule has 20 heavy (non-hydrogen) atoms. The molecule has 1 heterocycles. The SMILES string of the molecule is NC(=O)NCCNc1cc(N)nc(-c2ccccc2)n1. The highest BCUT2D eigenvalue weighted by molar-refractivity contribution is 5.71. The molecule has 1 aromatic carbocycles. The number of carbonyl (C=O) groups is 1. The van der Waals surface area contributed by atoms with Crippen molar-refractivity contribution < 1.29 is 4.79 Å². The van der Waals surface area contributed by atoms with Crippen molar-refractivity contribution in [2.24, 2.45) is 5.73 Å². The number of nitrogens with one attached hydrogen (secondary N) is 2. The first kappa shape index (κ1) is 13.6. The monoisotopic (exact) mass is 272 g/mol. The van der Waals surface area contributed by atoms with Crippen LogP contribution >= 0.6 is 0 Å². The van der Waals surface area contributed by atoms with E-state index in [2.05, 4.69) is 20.6 Å². The van der Waals surface area contributed by atoms with E-state index < -0.39 is 6.03 Å². The maximum Gasteiger partial charge on any atom is 0.312 e. The first-order valence-electron chi connectivity index (χ1n) is 6.12. The predicted molar refractivity (Wildman–Crippen MR) is 78.0 cm³/mol. The zero-order chi connectivity index (χ0) is 14.4. The van der Waals surface area contributed by atoms with Gasteiger partial charge < -0.3 is 22.1 Å². The Balaban J connectivity index is 2.07. The smallest absolute Gasteiger partial charge is 0.312 e. The number of rotatable bonds is 5. The third-order valence-corrected chi connectivity index (χ3v) is 2.51. The van der Waals surface area contributed by atoms with Gasteiger partial charge in [0.15, 0.2) is 5.82 Å². The van der Waals surface area contributed by atoms with Gasteiger partial charge in [-0.1, -0.05) is 30.3 Å². The van der Waals surface area contributed by atoms with Crippen molar-refractivity contribution in [3.8, 4) is 11.4 Å². The molecule has 0 aliphatic rings. The second-order valence-electron chi connectivity index (χ2n) is 4.09. The van der Waals surface area contributed by atoms with Crippen LogP contribution in [-0.2, 0) is 0 Å². The molecule has 0 atom stereocenters. The lowest BCUT2D eigenvalue weighted by molar-refractivity contribution is 0.249. The summed E-state index contributed by atoms with van der Waals surface area (Å²) in [6, 6.07) is 10.6. The minimum Gasteiger partial charge on any atom is -0.384 e. The van der Waals surface area contributed by atoms with Crippen LogP contribution in [0.15, 0.2) is 36.4 Å². The number of urea groups is 1. The largest absolute Gasteiger partial charge is 0.384 e. The summed E-state index contributed by atoms with van der Waals surface area (Å²) in [5.74, 6) is 1.53. The molecule has 2 amide bonds. The predicted octanol–water partition coefficient (Wildman–Crippen LogP) is 0.806.